The van der Waals surface area contributed by atoms with Gasteiger partial charge < -0.3 is 14.1 Å². The van der Waals surface area contributed by atoms with Crippen molar-refractivity contribution in [2.24, 2.45) is 0 Å². The molecule has 3 rings (SSSR count). The first kappa shape index (κ1) is 14.9. The van der Waals surface area contributed by atoms with Gasteiger partial charge in [0.15, 0.2) is 0 Å². The van der Waals surface area contributed by atoms with Crippen molar-refractivity contribution in [1.82, 2.24) is 4.90 Å². The third-order valence-electron chi connectivity index (χ3n) is 4.09. The first-order valence-corrected chi connectivity index (χ1v) is 7.87. The number of nitrogens with zero attached hydrogens (tertiary/aromatic N) is 1. The summed E-state index contributed by atoms with van der Waals surface area (Å²) in [5, 5.41) is 1.15. The Hall–Kier alpha value is -1.97. The molecule has 0 N–H and O–H groups in total. The molecule has 0 aliphatic carbocycles. The lowest BCUT2D eigenvalue weighted by Crippen LogP contribution is -2.41. The molecule has 0 bridgehead atoms. The molecule has 22 heavy (non-hydrogen) atoms. The van der Waals surface area contributed by atoms with Crippen LogP contribution < -0.4 is 0 Å². The summed E-state index contributed by atoms with van der Waals surface area (Å²) in [6.45, 7) is 7.21. The second-order valence-electron chi connectivity index (χ2n) is 6.96. The predicted octanol–water partition coefficient (Wildman–Crippen LogP) is 4.55. The van der Waals surface area contributed by atoms with Crippen LogP contribution >= 0.6 is 0 Å². The van der Waals surface area contributed by atoms with Crippen LogP contribution in [0.4, 0.5) is 4.79 Å². The normalized spacial score (nSPS) is 17.0. The van der Waals surface area contributed by atoms with Crippen LogP contribution in [0.5, 0.6) is 0 Å². The van der Waals surface area contributed by atoms with Gasteiger partial charge >= 0.3 is 6.09 Å². The molecule has 1 aliphatic heterocycles. The minimum atomic E-state index is -0.430. The van der Waals surface area contributed by atoms with Gasteiger partial charge in [-0.2, -0.15) is 0 Å². The fraction of sp³-hybridized carbons (Fsp3) is 0.500. The van der Waals surface area contributed by atoms with Crippen molar-refractivity contribution in [3.63, 3.8) is 0 Å². The quantitative estimate of drug-likeness (QED) is 0.776. The van der Waals surface area contributed by atoms with Gasteiger partial charge in [0.1, 0.15) is 11.2 Å². The van der Waals surface area contributed by atoms with Crippen molar-refractivity contribution < 1.29 is 13.9 Å². The molecule has 118 valence electrons. The summed E-state index contributed by atoms with van der Waals surface area (Å²) in [5.41, 5.74) is 1.83. The lowest BCUT2D eigenvalue weighted by atomic mass is 9.89. The maximum atomic E-state index is 12.1. The van der Waals surface area contributed by atoms with Crippen LogP contribution in [0.2, 0.25) is 0 Å². The molecule has 1 aromatic heterocycles. The predicted molar refractivity (Wildman–Crippen MR) is 86.0 cm³/mol. The highest BCUT2D eigenvalue weighted by atomic mass is 16.6. The molecule has 4 nitrogen and oxygen atoms in total. The van der Waals surface area contributed by atoms with Crippen LogP contribution in [0.25, 0.3) is 11.0 Å². The summed E-state index contributed by atoms with van der Waals surface area (Å²) >= 11 is 0. The Labute approximate surface area is 131 Å². The number of benzene rings is 1. The number of furan rings is 1. The monoisotopic (exact) mass is 301 g/mol. The largest absolute Gasteiger partial charge is 0.464 e. The summed E-state index contributed by atoms with van der Waals surface area (Å²) in [4.78, 5) is 13.9. The first-order valence-electron chi connectivity index (χ1n) is 7.87. The molecular formula is C18H23NO3. The molecule has 4 heteroatoms. The Morgan fingerprint density at radius 2 is 1.95 bits per heavy atom. The van der Waals surface area contributed by atoms with Crippen molar-refractivity contribution in [1.29, 1.82) is 0 Å². The molecule has 1 amide bonds. The number of fused-ring (bicyclic) bond motifs is 1. The van der Waals surface area contributed by atoms with Crippen LogP contribution in [-0.4, -0.2) is 29.7 Å². The Balaban J connectivity index is 1.62. The number of ether oxygens (including phenoxy) is 1. The van der Waals surface area contributed by atoms with Crippen molar-refractivity contribution in [3.8, 4) is 0 Å². The minimum Gasteiger partial charge on any atom is -0.464 e. The van der Waals surface area contributed by atoms with Gasteiger partial charge in [0.2, 0.25) is 0 Å². The summed E-state index contributed by atoms with van der Waals surface area (Å²) in [5.74, 6) is 0.498. The van der Waals surface area contributed by atoms with Gasteiger partial charge in [-0.1, -0.05) is 6.07 Å². The van der Waals surface area contributed by atoms with Crippen LogP contribution in [-0.2, 0) is 4.74 Å². The lowest BCUT2D eigenvalue weighted by Gasteiger charge is -2.33. The number of amides is 1. The average molecular weight is 301 g/mol. The Kier molecular flexibility index (Phi) is 3.85. The second-order valence-corrected chi connectivity index (χ2v) is 6.96. The maximum Gasteiger partial charge on any atom is 0.410 e. The SMILES string of the molecule is CC(C)(C)OC(=O)N1CCC(c2ccc3occc3c2)CC1. The van der Waals surface area contributed by atoms with E-state index in [9.17, 15) is 4.79 Å². The third-order valence-corrected chi connectivity index (χ3v) is 4.09. The zero-order chi connectivity index (χ0) is 15.7. The fourth-order valence-corrected chi connectivity index (χ4v) is 2.96. The number of hydrogen-bond acceptors (Lipinski definition) is 3. The van der Waals surface area contributed by atoms with Gasteiger partial charge in [-0.05, 0) is 63.3 Å². The van der Waals surface area contributed by atoms with E-state index in [4.69, 9.17) is 9.15 Å². The Morgan fingerprint density at radius 3 is 2.64 bits per heavy atom. The summed E-state index contributed by atoms with van der Waals surface area (Å²) in [6.07, 6.45) is 3.47. The highest BCUT2D eigenvalue weighted by molar-refractivity contribution is 5.77. The molecule has 0 saturated carbocycles. The van der Waals surface area contributed by atoms with E-state index < -0.39 is 5.60 Å². The number of likely N-dealkylation sites (tertiary alicyclic amines) is 1. The van der Waals surface area contributed by atoms with Crippen molar-refractivity contribution in [2.75, 3.05) is 13.1 Å². The summed E-state index contributed by atoms with van der Waals surface area (Å²) in [7, 11) is 0. The second kappa shape index (κ2) is 5.67. The van der Waals surface area contributed by atoms with E-state index in [2.05, 4.69) is 12.1 Å². The third kappa shape index (κ3) is 3.26. The maximum absolute atomic E-state index is 12.1. The standard InChI is InChI=1S/C18H23NO3/c1-18(2,3)22-17(20)19-9-6-13(7-10-19)14-4-5-16-15(12-14)8-11-21-16/h4-5,8,11-13H,6-7,9-10H2,1-3H3. The van der Waals surface area contributed by atoms with Crippen molar-refractivity contribution >= 4 is 17.1 Å². The molecule has 0 unspecified atom stereocenters. The Morgan fingerprint density at radius 1 is 1.23 bits per heavy atom. The van der Waals surface area contributed by atoms with E-state index in [1.165, 1.54) is 5.56 Å². The van der Waals surface area contributed by atoms with Crippen molar-refractivity contribution in [2.45, 2.75) is 45.1 Å². The van der Waals surface area contributed by atoms with Crippen LogP contribution in [0.3, 0.4) is 0 Å². The smallest absolute Gasteiger partial charge is 0.410 e. The Bertz CT molecular complexity index is 660. The fourth-order valence-electron chi connectivity index (χ4n) is 2.96. The van der Waals surface area contributed by atoms with E-state index in [-0.39, 0.29) is 6.09 Å². The average Bonchev–Trinajstić information content (AvgIpc) is 2.93. The van der Waals surface area contributed by atoms with Gasteiger partial charge in [-0.15, -0.1) is 0 Å². The minimum absolute atomic E-state index is 0.198. The molecule has 1 aromatic carbocycles. The molecule has 1 fully saturated rings. The number of carbonyl (C=O) groups is 1. The molecule has 1 saturated heterocycles. The van der Waals surface area contributed by atoms with Crippen LogP contribution in [0.15, 0.2) is 34.9 Å². The van der Waals surface area contributed by atoms with Gasteiger partial charge in [0, 0.05) is 18.5 Å². The van der Waals surface area contributed by atoms with Gasteiger partial charge in [-0.3, -0.25) is 0 Å². The lowest BCUT2D eigenvalue weighted by molar-refractivity contribution is 0.0205. The molecule has 0 radical (unpaired) electrons. The van der Waals surface area contributed by atoms with E-state index in [1.807, 2.05) is 37.8 Å². The van der Waals surface area contributed by atoms with Crippen LogP contribution in [0.1, 0.15) is 45.1 Å². The topological polar surface area (TPSA) is 42.7 Å². The highest BCUT2D eigenvalue weighted by Gasteiger charge is 2.27. The first-order chi connectivity index (χ1) is 10.4. The van der Waals surface area contributed by atoms with E-state index in [0.717, 1.165) is 36.9 Å². The molecule has 1 aliphatic rings. The molecular weight excluding hydrogens is 278 g/mol. The number of hydrogen-bond donors (Lipinski definition) is 0. The highest BCUT2D eigenvalue weighted by Crippen LogP contribution is 2.31. The van der Waals surface area contributed by atoms with E-state index in [0.29, 0.717) is 5.92 Å². The molecule has 0 atom stereocenters. The van der Waals surface area contributed by atoms with Crippen molar-refractivity contribution in [3.05, 3.63) is 36.1 Å². The molecule has 2 aromatic rings. The number of rotatable bonds is 1. The zero-order valence-electron chi connectivity index (χ0n) is 13.5. The zero-order valence-corrected chi connectivity index (χ0v) is 13.5. The van der Waals surface area contributed by atoms with Gasteiger partial charge in [0.25, 0.3) is 0 Å². The van der Waals surface area contributed by atoms with E-state index in [1.54, 1.807) is 6.26 Å². The van der Waals surface area contributed by atoms with Crippen LogP contribution in [0, 0.1) is 0 Å². The molecule has 2 heterocycles. The van der Waals surface area contributed by atoms with E-state index >= 15 is 0 Å². The van der Waals surface area contributed by atoms with Gasteiger partial charge in [0.05, 0.1) is 6.26 Å². The number of carbonyl (C=O) groups excluding carboxylic acids is 1. The summed E-state index contributed by atoms with van der Waals surface area (Å²) in [6, 6.07) is 8.37. The number of piperidine rings is 1. The molecule has 0 spiro atoms. The van der Waals surface area contributed by atoms with Gasteiger partial charge in [-0.25, -0.2) is 4.79 Å². The summed E-state index contributed by atoms with van der Waals surface area (Å²) < 4.78 is 10.8.